The lowest BCUT2D eigenvalue weighted by Crippen LogP contribution is -1.92. The number of allylic oxidation sites excluding steroid dienone is 7. The first-order chi connectivity index (χ1) is 14.1. The van der Waals surface area contributed by atoms with Crippen LogP contribution in [0.25, 0.3) is 22.0 Å². The molecule has 0 unspecified atom stereocenters. The largest absolute Gasteiger partial charge is 0.251 e. The summed E-state index contributed by atoms with van der Waals surface area (Å²) in [6, 6.07) is 16.9. The Morgan fingerprint density at radius 3 is 2.41 bits per heavy atom. The fourth-order valence-corrected chi connectivity index (χ4v) is 3.18. The second-order valence-corrected chi connectivity index (χ2v) is 6.92. The number of hydrogen-bond acceptors (Lipinski definition) is 2. The molecule has 0 spiro atoms. The van der Waals surface area contributed by atoms with Crippen LogP contribution in [0, 0.1) is 13.8 Å². The van der Waals surface area contributed by atoms with Crippen LogP contribution in [0.5, 0.6) is 0 Å². The van der Waals surface area contributed by atoms with Crippen LogP contribution in [-0.2, 0) is 0 Å². The average Bonchev–Trinajstić information content (AvgIpc) is 2.73. The zero-order valence-corrected chi connectivity index (χ0v) is 17.3. The topological polar surface area (TPSA) is 25.2 Å². The van der Waals surface area contributed by atoms with Gasteiger partial charge in [0.25, 0.3) is 0 Å². The molecular weight excluding hydrogens is 352 g/mol. The number of rotatable bonds is 6. The van der Waals surface area contributed by atoms with Gasteiger partial charge in [0, 0.05) is 16.8 Å². The Bertz CT molecular complexity index is 1130. The number of nitrogens with zero attached hydrogens (tertiary/aromatic N) is 2. The van der Waals surface area contributed by atoms with E-state index in [2.05, 4.69) is 56.0 Å². The van der Waals surface area contributed by atoms with Crippen molar-refractivity contribution in [3.63, 3.8) is 0 Å². The summed E-state index contributed by atoms with van der Waals surface area (Å²) in [5, 5.41) is 1.12. The summed E-state index contributed by atoms with van der Waals surface area (Å²) in [7, 11) is 0. The highest BCUT2D eigenvalue weighted by molar-refractivity contribution is 6.04. The van der Waals surface area contributed by atoms with Gasteiger partial charge in [-0.3, -0.25) is 9.98 Å². The van der Waals surface area contributed by atoms with Crippen molar-refractivity contribution < 1.29 is 0 Å². The Balaban J connectivity index is 2.06. The van der Waals surface area contributed by atoms with E-state index >= 15 is 0 Å². The van der Waals surface area contributed by atoms with Gasteiger partial charge in [-0.1, -0.05) is 85.5 Å². The molecule has 29 heavy (non-hydrogen) atoms. The van der Waals surface area contributed by atoms with E-state index in [1.807, 2.05) is 56.4 Å². The lowest BCUT2D eigenvalue weighted by molar-refractivity contribution is 1.24. The molecule has 2 heteroatoms. The SMILES string of the molecule is C=C\C=C/C=C/C=C/C(C)=N\c1c(C)ccc2c(-c3ccccc3)cc(C)nc12. The van der Waals surface area contributed by atoms with Gasteiger partial charge in [-0.25, -0.2) is 0 Å². The molecule has 0 bridgehead atoms. The van der Waals surface area contributed by atoms with Gasteiger partial charge in [-0.05, 0) is 49.6 Å². The van der Waals surface area contributed by atoms with Crippen LogP contribution >= 0.6 is 0 Å². The minimum absolute atomic E-state index is 0.932. The monoisotopic (exact) mass is 378 g/mol. The fraction of sp³-hybridized carbons (Fsp3) is 0.111. The maximum atomic E-state index is 4.90. The van der Waals surface area contributed by atoms with E-state index < -0.39 is 0 Å². The number of aryl methyl sites for hydroxylation is 2. The number of aliphatic imine (C=N–C) groups is 1. The molecule has 0 saturated carbocycles. The molecule has 0 N–H and O–H groups in total. The van der Waals surface area contributed by atoms with Gasteiger partial charge < -0.3 is 0 Å². The lowest BCUT2D eigenvalue weighted by atomic mass is 9.98. The molecule has 0 atom stereocenters. The third kappa shape index (κ3) is 5.05. The van der Waals surface area contributed by atoms with Crippen molar-refractivity contribution in [3.05, 3.63) is 109 Å². The van der Waals surface area contributed by atoms with E-state index in [0.29, 0.717) is 0 Å². The molecule has 144 valence electrons. The molecule has 0 aliphatic carbocycles. The number of hydrogen-bond donors (Lipinski definition) is 0. The van der Waals surface area contributed by atoms with Crippen LogP contribution in [0.2, 0.25) is 0 Å². The van der Waals surface area contributed by atoms with Crippen molar-refractivity contribution >= 4 is 22.3 Å². The van der Waals surface area contributed by atoms with E-state index in [0.717, 1.165) is 33.6 Å². The first-order valence-electron chi connectivity index (χ1n) is 9.74. The first-order valence-corrected chi connectivity index (χ1v) is 9.74. The van der Waals surface area contributed by atoms with E-state index in [-0.39, 0.29) is 0 Å². The van der Waals surface area contributed by atoms with Crippen LogP contribution < -0.4 is 0 Å². The highest BCUT2D eigenvalue weighted by Gasteiger charge is 2.11. The zero-order valence-electron chi connectivity index (χ0n) is 17.3. The third-order valence-electron chi connectivity index (χ3n) is 4.58. The van der Waals surface area contributed by atoms with Crippen LogP contribution in [0.3, 0.4) is 0 Å². The lowest BCUT2D eigenvalue weighted by Gasteiger charge is -2.12. The van der Waals surface area contributed by atoms with Crippen LogP contribution in [0.1, 0.15) is 18.2 Å². The Morgan fingerprint density at radius 1 is 0.931 bits per heavy atom. The summed E-state index contributed by atoms with van der Waals surface area (Å²) < 4.78 is 0. The molecule has 1 heterocycles. The fourth-order valence-electron chi connectivity index (χ4n) is 3.18. The summed E-state index contributed by atoms with van der Waals surface area (Å²) in [5.74, 6) is 0. The molecule has 3 aromatic rings. The molecule has 0 saturated heterocycles. The molecular formula is C27H26N2. The number of aromatic nitrogens is 1. The zero-order chi connectivity index (χ0) is 20.6. The minimum Gasteiger partial charge on any atom is -0.251 e. The average molecular weight is 379 g/mol. The molecule has 0 aliphatic heterocycles. The van der Waals surface area contributed by atoms with Crippen molar-refractivity contribution in [2.75, 3.05) is 0 Å². The number of fused-ring (bicyclic) bond motifs is 1. The van der Waals surface area contributed by atoms with Gasteiger partial charge in [-0.2, -0.15) is 0 Å². The van der Waals surface area contributed by atoms with Gasteiger partial charge >= 0.3 is 0 Å². The van der Waals surface area contributed by atoms with Crippen LogP contribution in [-0.4, -0.2) is 10.7 Å². The summed E-state index contributed by atoms with van der Waals surface area (Å²) in [6.07, 6.45) is 13.5. The Kier molecular flexibility index (Phi) is 6.70. The predicted molar refractivity (Wildman–Crippen MR) is 127 cm³/mol. The van der Waals surface area contributed by atoms with Crippen molar-refractivity contribution in [1.82, 2.24) is 4.98 Å². The van der Waals surface area contributed by atoms with Gasteiger partial charge in [-0.15, -0.1) is 0 Å². The molecule has 1 aromatic heterocycles. The van der Waals surface area contributed by atoms with E-state index in [9.17, 15) is 0 Å². The maximum Gasteiger partial charge on any atom is 0.0970 e. The van der Waals surface area contributed by atoms with Crippen molar-refractivity contribution in [1.29, 1.82) is 0 Å². The van der Waals surface area contributed by atoms with Crippen molar-refractivity contribution in [2.45, 2.75) is 20.8 Å². The molecule has 3 rings (SSSR count). The van der Waals surface area contributed by atoms with Gasteiger partial charge in [0.2, 0.25) is 0 Å². The summed E-state index contributed by atoms with van der Waals surface area (Å²) in [4.78, 5) is 9.74. The second-order valence-electron chi connectivity index (χ2n) is 6.92. The Hall–Kier alpha value is -3.52. The molecule has 0 aliphatic rings. The highest BCUT2D eigenvalue weighted by atomic mass is 14.8. The normalized spacial score (nSPS) is 12.6. The number of benzene rings is 2. The number of pyridine rings is 1. The summed E-state index contributed by atoms with van der Waals surface area (Å²) in [6.45, 7) is 9.79. The molecule has 2 nitrogen and oxygen atoms in total. The van der Waals surface area contributed by atoms with Crippen LogP contribution in [0.15, 0.2) is 103 Å². The predicted octanol–water partition coefficient (Wildman–Crippen LogP) is 7.47. The molecule has 0 radical (unpaired) electrons. The van der Waals surface area contributed by atoms with Gasteiger partial charge in [0.1, 0.15) is 0 Å². The Morgan fingerprint density at radius 2 is 1.66 bits per heavy atom. The highest BCUT2D eigenvalue weighted by Crippen LogP contribution is 2.35. The molecule has 0 fully saturated rings. The van der Waals surface area contributed by atoms with Crippen molar-refractivity contribution in [2.24, 2.45) is 4.99 Å². The van der Waals surface area contributed by atoms with E-state index in [1.165, 1.54) is 11.1 Å². The maximum absolute atomic E-state index is 4.90. The van der Waals surface area contributed by atoms with Gasteiger partial charge in [0.05, 0.1) is 11.2 Å². The summed E-state index contributed by atoms with van der Waals surface area (Å²) >= 11 is 0. The van der Waals surface area contributed by atoms with Gasteiger partial charge in [0.15, 0.2) is 0 Å². The quantitative estimate of drug-likeness (QED) is 0.323. The third-order valence-corrected chi connectivity index (χ3v) is 4.58. The minimum atomic E-state index is 0.932. The smallest absolute Gasteiger partial charge is 0.0970 e. The standard InChI is InChI=1S/C27H26N2/c1-5-6-7-8-9-11-14-21(3)28-26-20(2)17-18-24-25(19-22(4)29-27(24)26)23-15-12-10-13-16-23/h5-19H,1H2,2-4H3/b7-6-,9-8+,14-11+,28-21-. The van der Waals surface area contributed by atoms with E-state index in [4.69, 9.17) is 9.98 Å². The van der Waals surface area contributed by atoms with Crippen molar-refractivity contribution in [3.8, 4) is 11.1 Å². The van der Waals surface area contributed by atoms with E-state index in [1.54, 1.807) is 6.08 Å². The second kappa shape index (κ2) is 9.61. The first kappa shape index (κ1) is 20.2. The summed E-state index contributed by atoms with van der Waals surface area (Å²) in [5.41, 5.74) is 7.30. The molecule has 2 aromatic carbocycles. The Labute approximate surface area is 173 Å². The van der Waals surface area contributed by atoms with Crippen LogP contribution in [0.4, 0.5) is 5.69 Å². The molecule has 0 amide bonds.